The molecule has 0 bridgehead atoms. The molecule has 0 spiro atoms. The topological polar surface area (TPSA) is 12.5 Å². The second-order valence-electron chi connectivity index (χ2n) is 3.24. The molecule has 1 unspecified atom stereocenters. The fraction of sp³-hybridized carbons (Fsp3) is 0.400. The van der Waals surface area contributed by atoms with Crippen LogP contribution in [-0.4, -0.2) is 24.6 Å². The second-order valence-corrected chi connectivity index (χ2v) is 3.24. The van der Waals surface area contributed by atoms with Gasteiger partial charge in [0, 0.05) is 13.5 Å². The van der Waals surface area contributed by atoms with Gasteiger partial charge >= 0.3 is 0 Å². The smallest absolute Gasteiger partial charge is 0.123 e. The summed E-state index contributed by atoms with van der Waals surface area (Å²) < 4.78 is 5.53. The maximum Gasteiger partial charge on any atom is 0.123 e. The fourth-order valence-corrected chi connectivity index (χ4v) is 1.70. The summed E-state index contributed by atoms with van der Waals surface area (Å²) in [6.07, 6.45) is 7.05. The zero-order chi connectivity index (χ0) is 8.55. The Kier molecular flexibility index (Phi) is 1.68. The van der Waals surface area contributed by atoms with Crippen molar-refractivity contribution in [3.63, 3.8) is 0 Å². The Labute approximate surface area is 72.8 Å². The highest BCUT2D eigenvalue weighted by molar-refractivity contribution is 5.30. The molecule has 64 valence electrons. The van der Waals surface area contributed by atoms with Crippen LogP contribution >= 0.6 is 0 Å². The number of hydrogen-bond donors (Lipinski definition) is 0. The summed E-state index contributed by atoms with van der Waals surface area (Å²) >= 11 is 0. The average molecular weight is 163 g/mol. The molecule has 1 atom stereocenters. The molecule has 2 heteroatoms. The number of hydrogen-bond acceptors (Lipinski definition) is 2. The van der Waals surface area contributed by atoms with E-state index in [4.69, 9.17) is 4.74 Å². The van der Waals surface area contributed by atoms with Gasteiger partial charge in [-0.05, 0) is 23.9 Å². The number of rotatable bonds is 0. The molecule has 0 N–H and O–H groups in total. The Hall–Kier alpha value is -1.18. The van der Waals surface area contributed by atoms with Gasteiger partial charge in [0.15, 0.2) is 0 Å². The van der Waals surface area contributed by atoms with Crippen LogP contribution in [0.1, 0.15) is 6.42 Å². The van der Waals surface area contributed by atoms with Gasteiger partial charge in [-0.15, -0.1) is 0 Å². The van der Waals surface area contributed by atoms with E-state index in [0.717, 1.165) is 18.8 Å². The highest BCUT2D eigenvalue weighted by atomic mass is 16.5. The van der Waals surface area contributed by atoms with Crippen LogP contribution in [-0.2, 0) is 4.74 Å². The van der Waals surface area contributed by atoms with Crippen LogP contribution < -0.4 is 0 Å². The van der Waals surface area contributed by atoms with Gasteiger partial charge in [-0.2, -0.15) is 0 Å². The van der Waals surface area contributed by atoms with E-state index in [1.54, 1.807) is 0 Å². The van der Waals surface area contributed by atoms with Crippen molar-refractivity contribution >= 4 is 0 Å². The third-order valence-corrected chi connectivity index (χ3v) is 2.34. The molecule has 0 radical (unpaired) electrons. The van der Waals surface area contributed by atoms with Crippen molar-refractivity contribution in [2.45, 2.75) is 12.5 Å². The van der Waals surface area contributed by atoms with Crippen molar-refractivity contribution < 1.29 is 4.74 Å². The first-order valence-electron chi connectivity index (χ1n) is 4.20. The molecule has 0 saturated carbocycles. The zero-order valence-corrected chi connectivity index (χ0v) is 7.29. The number of nitrogens with zero attached hydrogens (tertiary/aromatic N) is 1. The van der Waals surface area contributed by atoms with Crippen LogP contribution in [0.3, 0.4) is 0 Å². The number of ether oxygens (including phenoxy) is 1. The van der Waals surface area contributed by atoms with Crippen molar-refractivity contribution in [2.75, 3.05) is 13.7 Å². The molecule has 12 heavy (non-hydrogen) atoms. The Morgan fingerprint density at radius 3 is 3.25 bits per heavy atom. The quantitative estimate of drug-likeness (QED) is 0.504. The molecule has 0 aliphatic carbocycles. The summed E-state index contributed by atoms with van der Waals surface area (Å²) in [5.41, 5.74) is 1.25. The van der Waals surface area contributed by atoms with Gasteiger partial charge < -0.3 is 9.64 Å². The first-order chi connectivity index (χ1) is 5.79. The summed E-state index contributed by atoms with van der Waals surface area (Å²) in [7, 11) is 2.05. The van der Waals surface area contributed by atoms with E-state index in [2.05, 4.69) is 11.5 Å². The SMILES string of the molecule is C=C1CCOC2=CC=CN(C)C12. The van der Waals surface area contributed by atoms with Gasteiger partial charge in [-0.1, -0.05) is 6.58 Å². The number of allylic oxidation sites excluding steroid dienone is 2. The molecule has 2 heterocycles. The maximum atomic E-state index is 5.53. The highest BCUT2D eigenvalue weighted by Gasteiger charge is 2.27. The van der Waals surface area contributed by atoms with E-state index in [0.29, 0.717) is 0 Å². The predicted octanol–water partition coefficient (Wildman–Crippen LogP) is 1.67. The summed E-state index contributed by atoms with van der Waals surface area (Å²) in [4.78, 5) is 2.14. The van der Waals surface area contributed by atoms with Gasteiger partial charge in [0.25, 0.3) is 0 Å². The normalized spacial score (nSPS) is 27.8. The molecular weight excluding hydrogens is 150 g/mol. The van der Waals surface area contributed by atoms with E-state index in [1.807, 2.05) is 25.4 Å². The third kappa shape index (κ3) is 1.04. The molecule has 0 aromatic heterocycles. The van der Waals surface area contributed by atoms with Crippen LogP contribution in [0.15, 0.2) is 36.3 Å². The number of fused-ring (bicyclic) bond motifs is 1. The lowest BCUT2D eigenvalue weighted by Crippen LogP contribution is -2.36. The minimum atomic E-state index is 0.281. The molecule has 2 rings (SSSR count). The molecule has 1 saturated heterocycles. The van der Waals surface area contributed by atoms with Gasteiger partial charge in [0.05, 0.1) is 6.61 Å². The van der Waals surface area contributed by atoms with E-state index in [9.17, 15) is 0 Å². The Morgan fingerprint density at radius 2 is 2.50 bits per heavy atom. The molecule has 2 aliphatic rings. The second kappa shape index (κ2) is 2.70. The Balaban J connectivity index is 2.29. The minimum absolute atomic E-state index is 0.281. The van der Waals surface area contributed by atoms with Gasteiger partial charge in [-0.3, -0.25) is 0 Å². The van der Waals surface area contributed by atoms with Crippen molar-refractivity contribution in [1.82, 2.24) is 4.90 Å². The summed E-state index contributed by atoms with van der Waals surface area (Å²) in [5.74, 6) is 1.04. The maximum absolute atomic E-state index is 5.53. The monoisotopic (exact) mass is 163 g/mol. The highest BCUT2D eigenvalue weighted by Crippen LogP contribution is 2.28. The van der Waals surface area contributed by atoms with Crippen LogP contribution in [0.4, 0.5) is 0 Å². The zero-order valence-electron chi connectivity index (χ0n) is 7.29. The van der Waals surface area contributed by atoms with Gasteiger partial charge in [-0.25, -0.2) is 0 Å². The first kappa shape index (κ1) is 7.47. The minimum Gasteiger partial charge on any atom is -0.495 e. The summed E-state index contributed by atoms with van der Waals surface area (Å²) in [5, 5.41) is 0. The first-order valence-corrected chi connectivity index (χ1v) is 4.20. The lowest BCUT2D eigenvalue weighted by molar-refractivity contribution is 0.140. The summed E-state index contributed by atoms with van der Waals surface area (Å²) in [6.45, 7) is 4.83. The average Bonchev–Trinajstić information content (AvgIpc) is 2.04. The molecule has 0 aromatic carbocycles. The number of likely N-dealkylation sites (N-methyl/N-ethyl adjacent to an activating group) is 1. The predicted molar refractivity (Wildman–Crippen MR) is 48.5 cm³/mol. The molecule has 0 aromatic rings. The van der Waals surface area contributed by atoms with Gasteiger partial charge in [0.2, 0.25) is 0 Å². The van der Waals surface area contributed by atoms with Crippen LogP contribution in [0.25, 0.3) is 0 Å². The largest absolute Gasteiger partial charge is 0.495 e. The third-order valence-electron chi connectivity index (χ3n) is 2.34. The molecule has 1 fully saturated rings. The van der Waals surface area contributed by atoms with E-state index in [1.165, 1.54) is 5.57 Å². The van der Waals surface area contributed by atoms with Crippen molar-refractivity contribution in [2.24, 2.45) is 0 Å². The van der Waals surface area contributed by atoms with E-state index >= 15 is 0 Å². The van der Waals surface area contributed by atoms with Crippen LogP contribution in [0.5, 0.6) is 0 Å². The summed E-state index contributed by atoms with van der Waals surface area (Å²) in [6, 6.07) is 0.281. The van der Waals surface area contributed by atoms with Crippen LogP contribution in [0, 0.1) is 0 Å². The molecule has 0 amide bonds. The van der Waals surface area contributed by atoms with Crippen LogP contribution in [0.2, 0.25) is 0 Å². The lowest BCUT2D eigenvalue weighted by Gasteiger charge is -2.36. The van der Waals surface area contributed by atoms with Crippen molar-refractivity contribution in [3.05, 3.63) is 36.3 Å². The lowest BCUT2D eigenvalue weighted by atomic mass is 9.98. The van der Waals surface area contributed by atoms with Crippen molar-refractivity contribution in [1.29, 1.82) is 0 Å². The van der Waals surface area contributed by atoms with Gasteiger partial charge in [0.1, 0.15) is 11.8 Å². The molecule has 2 aliphatic heterocycles. The van der Waals surface area contributed by atoms with Crippen molar-refractivity contribution in [3.8, 4) is 0 Å². The molecular formula is C10H13NO. The fourth-order valence-electron chi connectivity index (χ4n) is 1.70. The van der Waals surface area contributed by atoms with E-state index in [-0.39, 0.29) is 6.04 Å². The van der Waals surface area contributed by atoms with E-state index < -0.39 is 0 Å². The molecule has 2 nitrogen and oxygen atoms in total. The Bertz CT molecular complexity index is 265. The standard InChI is InChI=1S/C10H13NO/c1-8-5-7-12-9-4-3-6-11(2)10(8)9/h3-4,6,10H,1,5,7H2,2H3. The Morgan fingerprint density at radius 1 is 1.67 bits per heavy atom.